The molecule has 1 aromatic rings. The van der Waals surface area contributed by atoms with Crippen LogP contribution in [0, 0.1) is 0 Å². The smallest absolute Gasteiger partial charge is 0.326 e. The summed E-state index contributed by atoms with van der Waals surface area (Å²) in [6.07, 6.45) is 6.98. The van der Waals surface area contributed by atoms with E-state index in [0.29, 0.717) is 82.9 Å². The monoisotopic (exact) mass is 756 g/mol. The molecule has 53 heavy (non-hydrogen) atoms. The summed E-state index contributed by atoms with van der Waals surface area (Å²) in [6.45, 7) is 0.197. The minimum atomic E-state index is -1.28. The molecule has 1 rings (SSSR count). The third-order valence-electron chi connectivity index (χ3n) is 7.94. The quantitative estimate of drug-likeness (QED) is 0.0386. The predicted molar refractivity (Wildman–Crippen MR) is 185 cm³/mol. The fourth-order valence-electron chi connectivity index (χ4n) is 5.00. The zero-order valence-corrected chi connectivity index (χ0v) is 29.9. The van der Waals surface area contributed by atoms with Gasteiger partial charge in [-0.1, -0.05) is 18.1 Å². The number of aryl methyl sites for hydroxylation is 2. The highest BCUT2D eigenvalue weighted by Gasteiger charge is 2.22. The number of aldehydes is 1. The molecule has 0 aliphatic carbocycles. The molecule has 1 aromatic heterocycles. The molecule has 0 spiro atoms. The Balaban J connectivity index is 2.13. The SMILES string of the molecule is O=C[C@H](CCC(=O)O)NC(=O)N[C@@H](CCCCNC(=O)CCCCCCC(=O)NC(CCCCNC(=O)CCc1cn(CCF)nn1)C(=O)O)C(=O)O. The maximum Gasteiger partial charge on any atom is 0.326 e. The van der Waals surface area contributed by atoms with E-state index in [-0.39, 0.29) is 69.2 Å². The lowest BCUT2D eigenvalue weighted by Crippen LogP contribution is -2.49. The van der Waals surface area contributed by atoms with Crippen LogP contribution in [0.15, 0.2) is 6.20 Å². The van der Waals surface area contributed by atoms with Crippen LogP contribution in [0.4, 0.5) is 9.18 Å². The molecule has 0 saturated heterocycles. The molecule has 19 nitrogen and oxygen atoms in total. The molecule has 1 heterocycles. The summed E-state index contributed by atoms with van der Waals surface area (Å²) in [4.78, 5) is 93.2. The van der Waals surface area contributed by atoms with E-state index >= 15 is 0 Å². The lowest BCUT2D eigenvalue weighted by atomic mass is 10.1. The fraction of sp³-hybridized carbons (Fsp3) is 0.697. The second-order valence-corrected chi connectivity index (χ2v) is 12.4. The van der Waals surface area contributed by atoms with E-state index in [9.17, 15) is 53.0 Å². The number of carboxylic acids is 3. The summed E-state index contributed by atoms with van der Waals surface area (Å²) in [7, 11) is 0. The van der Waals surface area contributed by atoms with Gasteiger partial charge in [0.1, 0.15) is 25.0 Å². The van der Waals surface area contributed by atoms with Gasteiger partial charge >= 0.3 is 23.9 Å². The first-order valence-electron chi connectivity index (χ1n) is 17.8. The second-order valence-electron chi connectivity index (χ2n) is 12.4. The predicted octanol–water partition coefficient (Wildman–Crippen LogP) is 0.848. The number of unbranched alkanes of at least 4 members (excludes halogenated alkanes) is 5. The first-order valence-corrected chi connectivity index (χ1v) is 17.8. The second kappa shape index (κ2) is 27.5. The molecule has 298 valence electrons. The van der Waals surface area contributed by atoms with Gasteiger partial charge in [-0.05, 0) is 57.8 Å². The van der Waals surface area contributed by atoms with Crippen LogP contribution in [-0.2, 0) is 46.5 Å². The highest BCUT2D eigenvalue weighted by molar-refractivity contribution is 5.84. The maximum atomic E-state index is 12.4. The van der Waals surface area contributed by atoms with Crippen LogP contribution in [0.5, 0.6) is 0 Å². The molecular formula is C33H53FN8O11. The van der Waals surface area contributed by atoms with Gasteiger partial charge in [0.15, 0.2) is 0 Å². The Hall–Kier alpha value is -5.17. The fourth-order valence-corrected chi connectivity index (χ4v) is 5.00. The summed E-state index contributed by atoms with van der Waals surface area (Å²) in [5.41, 5.74) is 0.584. The number of carbonyl (C=O) groups excluding carboxylic acids is 5. The largest absolute Gasteiger partial charge is 0.481 e. The van der Waals surface area contributed by atoms with Gasteiger partial charge in [0, 0.05) is 51.4 Å². The van der Waals surface area contributed by atoms with Crippen LogP contribution < -0.4 is 26.6 Å². The van der Waals surface area contributed by atoms with Gasteiger partial charge < -0.3 is 46.7 Å². The van der Waals surface area contributed by atoms with Crippen LogP contribution in [0.1, 0.15) is 102 Å². The van der Waals surface area contributed by atoms with Crippen molar-refractivity contribution in [2.45, 2.75) is 127 Å². The van der Waals surface area contributed by atoms with Gasteiger partial charge in [-0.3, -0.25) is 19.2 Å². The van der Waals surface area contributed by atoms with Crippen molar-refractivity contribution in [1.29, 1.82) is 0 Å². The van der Waals surface area contributed by atoms with E-state index in [4.69, 9.17) is 5.11 Å². The Morgan fingerprint density at radius 1 is 0.698 bits per heavy atom. The van der Waals surface area contributed by atoms with E-state index in [1.54, 1.807) is 6.20 Å². The van der Waals surface area contributed by atoms with Crippen LogP contribution in [0.2, 0.25) is 0 Å². The third kappa shape index (κ3) is 23.1. The zero-order valence-electron chi connectivity index (χ0n) is 29.9. The Morgan fingerprint density at radius 2 is 1.26 bits per heavy atom. The molecule has 5 amide bonds. The standard InChI is InChI=1S/C33H53FN8O11/c34-17-20-42-21-23(40-41-42)13-15-28(45)36-19-7-5-9-25(31(49)50)38-29(46)12-4-2-1-3-11-27(44)35-18-8-6-10-26(32(51)52)39-33(53)37-24(22-43)14-16-30(47)48/h21-22,24-26H,1-20H2,(H,35,44)(H,36,45)(H,38,46)(H,47,48)(H,49,50)(H,51,52)(H2,37,39,53)/t24-,25?,26-/m0/s1. The number of urea groups is 1. The number of halogens is 1. The van der Waals surface area contributed by atoms with Crippen LogP contribution in [0.3, 0.4) is 0 Å². The number of nitrogens with zero attached hydrogens (tertiary/aromatic N) is 3. The molecule has 3 atom stereocenters. The molecular weight excluding hydrogens is 703 g/mol. The van der Waals surface area contributed by atoms with Crippen molar-refractivity contribution in [2.24, 2.45) is 0 Å². The minimum Gasteiger partial charge on any atom is -0.481 e. The molecule has 0 aliphatic heterocycles. The van der Waals surface area contributed by atoms with Gasteiger partial charge in [-0.25, -0.2) is 23.5 Å². The summed E-state index contributed by atoms with van der Waals surface area (Å²) < 4.78 is 13.7. The van der Waals surface area contributed by atoms with Crippen molar-refractivity contribution in [1.82, 2.24) is 41.6 Å². The molecule has 20 heteroatoms. The van der Waals surface area contributed by atoms with E-state index in [1.165, 1.54) is 4.68 Å². The summed E-state index contributed by atoms with van der Waals surface area (Å²) >= 11 is 0. The van der Waals surface area contributed by atoms with Crippen LogP contribution >= 0.6 is 0 Å². The number of hydrogen-bond donors (Lipinski definition) is 8. The highest BCUT2D eigenvalue weighted by Crippen LogP contribution is 2.08. The molecule has 0 fully saturated rings. The number of nitrogens with one attached hydrogen (secondary N) is 5. The minimum absolute atomic E-state index is 0.0691. The molecule has 1 unspecified atom stereocenters. The van der Waals surface area contributed by atoms with Gasteiger partial charge in [0.05, 0.1) is 18.3 Å². The number of carbonyl (C=O) groups is 8. The van der Waals surface area contributed by atoms with Gasteiger partial charge in [0.25, 0.3) is 0 Å². The topological polar surface area (TPSA) is 288 Å². The first kappa shape index (κ1) is 45.9. The number of rotatable bonds is 31. The number of aromatic nitrogens is 3. The van der Waals surface area contributed by atoms with Crippen molar-refractivity contribution >= 4 is 47.9 Å². The lowest BCUT2D eigenvalue weighted by molar-refractivity contribution is -0.142. The first-order chi connectivity index (χ1) is 25.3. The van der Waals surface area contributed by atoms with Crippen molar-refractivity contribution in [2.75, 3.05) is 19.8 Å². The Kier molecular flexibility index (Phi) is 23.8. The molecule has 0 aromatic carbocycles. The van der Waals surface area contributed by atoms with Crippen molar-refractivity contribution in [3.05, 3.63) is 11.9 Å². The van der Waals surface area contributed by atoms with Crippen LogP contribution in [0.25, 0.3) is 0 Å². The summed E-state index contributed by atoms with van der Waals surface area (Å²) in [5, 5.41) is 47.7. The van der Waals surface area contributed by atoms with Crippen LogP contribution in [-0.4, -0.2) is 116 Å². The molecule has 0 aliphatic rings. The van der Waals surface area contributed by atoms with Crippen molar-refractivity contribution in [3.8, 4) is 0 Å². The lowest BCUT2D eigenvalue weighted by Gasteiger charge is -2.17. The summed E-state index contributed by atoms with van der Waals surface area (Å²) in [6, 6.07) is -4.26. The van der Waals surface area contributed by atoms with Gasteiger partial charge in [-0.15, -0.1) is 5.10 Å². The molecule has 0 saturated carbocycles. The number of carboxylic acid groups (broad SMARTS) is 3. The average Bonchev–Trinajstić information content (AvgIpc) is 3.56. The zero-order chi connectivity index (χ0) is 39.4. The van der Waals surface area contributed by atoms with E-state index in [2.05, 4.69) is 36.9 Å². The maximum absolute atomic E-state index is 12.4. The number of alkyl halides is 1. The molecule has 0 radical (unpaired) electrons. The Labute approximate surface area is 306 Å². The van der Waals surface area contributed by atoms with Gasteiger partial charge in [0.2, 0.25) is 17.7 Å². The number of aliphatic carboxylic acids is 3. The van der Waals surface area contributed by atoms with E-state index in [0.717, 1.165) is 0 Å². The number of hydrogen-bond acceptors (Lipinski definition) is 10. The van der Waals surface area contributed by atoms with E-state index in [1.807, 2.05) is 0 Å². The normalized spacial score (nSPS) is 12.5. The van der Waals surface area contributed by atoms with Crippen molar-refractivity contribution in [3.63, 3.8) is 0 Å². The number of amides is 5. The third-order valence-corrected chi connectivity index (χ3v) is 7.94. The Morgan fingerprint density at radius 3 is 1.81 bits per heavy atom. The highest BCUT2D eigenvalue weighted by atomic mass is 19.1. The Bertz CT molecular complexity index is 1330. The molecule has 0 bridgehead atoms. The van der Waals surface area contributed by atoms with Crippen molar-refractivity contribution < 1.29 is 58.1 Å². The van der Waals surface area contributed by atoms with E-state index < -0.39 is 48.7 Å². The molecule has 8 N–H and O–H groups in total. The van der Waals surface area contributed by atoms with Gasteiger partial charge in [-0.2, -0.15) is 0 Å². The average molecular weight is 757 g/mol. The summed E-state index contributed by atoms with van der Waals surface area (Å²) in [5.74, 6) is -4.33.